The van der Waals surface area contributed by atoms with E-state index in [9.17, 15) is 9.59 Å². The monoisotopic (exact) mass is 216 g/mol. The van der Waals surface area contributed by atoms with Gasteiger partial charge in [-0.05, 0) is 13.3 Å². The second-order valence-corrected chi connectivity index (χ2v) is 3.52. The van der Waals surface area contributed by atoms with E-state index in [1.165, 1.54) is 12.0 Å². The van der Waals surface area contributed by atoms with Gasteiger partial charge in [-0.25, -0.2) is 0 Å². The Morgan fingerprint density at radius 1 is 1.47 bits per heavy atom. The molecule has 0 aliphatic rings. The number of nitrogens with one attached hydrogen (secondary N) is 1. The highest BCUT2D eigenvalue weighted by Crippen LogP contribution is 1.90. The molecule has 15 heavy (non-hydrogen) atoms. The molecule has 0 aliphatic heterocycles. The summed E-state index contributed by atoms with van der Waals surface area (Å²) in [5.74, 6) is -0.518. The number of hydrogen-bond donors (Lipinski definition) is 1. The van der Waals surface area contributed by atoms with E-state index < -0.39 is 5.97 Å². The van der Waals surface area contributed by atoms with Crippen molar-refractivity contribution in [3.63, 3.8) is 0 Å². The van der Waals surface area contributed by atoms with Gasteiger partial charge in [-0.3, -0.25) is 9.59 Å². The number of nitrogens with zero attached hydrogens (tertiary/aromatic N) is 1. The first-order valence-electron chi connectivity index (χ1n) is 5.05. The van der Waals surface area contributed by atoms with Crippen molar-refractivity contribution in [3.8, 4) is 0 Å². The lowest BCUT2D eigenvalue weighted by Gasteiger charge is -2.17. The number of likely N-dealkylation sites (N-methyl/N-ethyl adjacent to an activating group) is 1. The van der Waals surface area contributed by atoms with Crippen molar-refractivity contribution < 1.29 is 14.3 Å². The Balaban J connectivity index is 3.84. The molecule has 1 unspecified atom stereocenters. The fraction of sp³-hybridized carbons (Fsp3) is 0.800. The third-order valence-electron chi connectivity index (χ3n) is 2.23. The van der Waals surface area contributed by atoms with Gasteiger partial charge in [0.25, 0.3) is 0 Å². The van der Waals surface area contributed by atoms with Crippen LogP contribution < -0.4 is 5.32 Å². The van der Waals surface area contributed by atoms with Crippen LogP contribution in [-0.2, 0) is 14.3 Å². The largest absolute Gasteiger partial charge is 0.468 e. The van der Waals surface area contributed by atoms with Gasteiger partial charge in [0.05, 0.1) is 13.7 Å². The van der Waals surface area contributed by atoms with Crippen molar-refractivity contribution in [2.24, 2.45) is 0 Å². The van der Waals surface area contributed by atoms with E-state index >= 15 is 0 Å². The fourth-order valence-corrected chi connectivity index (χ4v) is 0.887. The maximum atomic E-state index is 11.5. The summed E-state index contributed by atoms with van der Waals surface area (Å²) < 4.78 is 4.46. The van der Waals surface area contributed by atoms with E-state index in [1.54, 1.807) is 7.05 Å². The minimum atomic E-state index is -0.408. The van der Waals surface area contributed by atoms with E-state index in [-0.39, 0.29) is 19.0 Å². The lowest BCUT2D eigenvalue weighted by atomic mass is 10.2. The van der Waals surface area contributed by atoms with Crippen LogP contribution >= 0.6 is 0 Å². The number of methoxy groups -OCH3 is 1. The zero-order valence-corrected chi connectivity index (χ0v) is 9.87. The summed E-state index contributed by atoms with van der Waals surface area (Å²) in [5.41, 5.74) is 0. The molecule has 0 bridgehead atoms. The molecule has 0 rings (SSSR count). The number of ether oxygens (including phenoxy) is 1. The van der Waals surface area contributed by atoms with Crippen molar-refractivity contribution in [2.45, 2.75) is 26.3 Å². The van der Waals surface area contributed by atoms with E-state index in [1.807, 2.05) is 13.8 Å². The molecule has 5 nitrogen and oxygen atoms in total. The van der Waals surface area contributed by atoms with Gasteiger partial charge in [-0.15, -0.1) is 0 Å². The predicted molar refractivity (Wildman–Crippen MR) is 57.4 cm³/mol. The predicted octanol–water partition coefficient (Wildman–Crippen LogP) is 0.00590. The van der Waals surface area contributed by atoms with E-state index in [4.69, 9.17) is 0 Å². The smallest absolute Gasteiger partial charge is 0.325 e. The van der Waals surface area contributed by atoms with Gasteiger partial charge in [-0.2, -0.15) is 0 Å². The highest BCUT2D eigenvalue weighted by atomic mass is 16.5. The first-order valence-corrected chi connectivity index (χ1v) is 5.05. The van der Waals surface area contributed by atoms with E-state index in [2.05, 4.69) is 10.1 Å². The number of carbonyl (C=O) groups is 2. The van der Waals surface area contributed by atoms with Crippen LogP contribution in [0.1, 0.15) is 20.3 Å². The number of hydrogen-bond acceptors (Lipinski definition) is 4. The second-order valence-electron chi connectivity index (χ2n) is 3.52. The molecule has 0 fully saturated rings. The molecular formula is C10H20N2O3. The Morgan fingerprint density at radius 3 is 2.53 bits per heavy atom. The SMILES string of the molecule is CCC(C)NCC(=O)N(C)CC(=O)OC. The average molecular weight is 216 g/mol. The maximum Gasteiger partial charge on any atom is 0.325 e. The summed E-state index contributed by atoms with van der Waals surface area (Å²) in [6, 6.07) is 0.306. The third kappa shape index (κ3) is 6.06. The highest BCUT2D eigenvalue weighted by Gasteiger charge is 2.13. The van der Waals surface area contributed by atoms with Crippen molar-refractivity contribution in [3.05, 3.63) is 0 Å². The molecule has 0 aromatic heterocycles. The van der Waals surface area contributed by atoms with Crippen LogP contribution in [0.2, 0.25) is 0 Å². The van der Waals surface area contributed by atoms with Gasteiger partial charge in [0.15, 0.2) is 0 Å². The minimum absolute atomic E-state index is 0.00246. The first kappa shape index (κ1) is 13.9. The molecule has 0 spiro atoms. The van der Waals surface area contributed by atoms with E-state index in [0.717, 1.165) is 6.42 Å². The maximum absolute atomic E-state index is 11.5. The molecule has 1 atom stereocenters. The zero-order valence-electron chi connectivity index (χ0n) is 9.87. The van der Waals surface area contributed by atoms with Crippen LogP contribution in [0.15, 0.2) is 0 Å². The van der Waals surface area contributed by atoms with E-state index in [0.29, 0.717) is 6.04 Å². The number of esters is 1. The lowest BCUT2D eigenvalue weighted by Crippen LogP contribution is -2.41. The lowest BCUT2D eigenvalue weighted by molar-refractivity contribution is -0.145. The summed E-state index contributed by atoms with van der Waals surface area (Å²) in [4.78, 5) is 23.7. The number of amides is 1. The fourth-order valence-electron chi connectivity index (χ4n) is 0.887. The summed E-state index contributed by atoms with van der Waals surface area (Å²) in [7, 11) is 2.88. The van der Waals surface area contributed by atoms with Gasteiger partial charge in [0.1, 0.15) is 6.54 Å². The molecule has 5 heteroatoms. The third-order valence-corrected chi connectivity index (χ3v) is 2.23. The van der Waals surface area contributed by atoms with Gasteiger partial charge < -0.3 is 15.0 Å². The van der Waals surface area contributed by atoms with Crippen LogP contribution in [0.5, 0.6) is 0 Å². The Bertz CT molecular complexity index is 219. The van der Waals surface area contributed by atoms with Crippen LogP contribution in [0.4, 0.5) is 0 Å². The average Bonchev–Trinajstić information content (AvgIpc) is 2.24. The topological polar surface area (TPSA) is 58.6 Å². The molecule has 1 N–H and O–H groups in total. The van der Waals surface area contributed by atoms with Crippen molar-refractivity contribution in [1.29, 1.82) is 0 Å². The van der Waals surface area contributed by atoms with Gasteiger partial charge in [0, 0.05) is 13.1 Å². The molecular weight excluding hydrogens is 196 g/mol. The summed E-state index contributed by atoms with van der Waals surface area (Å²) in [6.45, 7) is 4.30. The zero-order chi connectivity index (χ0) is 11.8. The minimum Gasteiger partial charge on any atom is -0.468 e. The Kier molecular flexibility index (Phi) is 6.70. The molecule has 0 heterocycles. The molecule has 0 saturated carbocycles. The van der Waals surface area contributed by atoms with Crippen LogP contribution in [0.3, 0.4) is 0 Å². The summed E-state index contributed by atoms with van der Waals surface area (Å²) >= 11 is 0. The van der Waals surface area contributed by atoms with Crippen LogP contribution in [0.25, 0.3) is 0 Å². The van der Waals surface area contributed by atoms with Crippen LogP contribution in [0, 0.1) is 0 Å². The molecule has 0 aromatic carbocycles. The summed E-state index contributed by atoms with van der Waals surface area (Å²) in [6.07, 6.45) is 0.966. The Labute approximate surface area is 90.8 Å². The number of carbonyl (C=O) groups excluding carboxylic acids is 2. The molecule has 88 valence electrons. The standard InChI is InChI=1S/C10H20N2O3/c1-5-8(2)11-6-9(13)12(3)7-10(14)15-4/h8,11H,5-7H2,1-4H3. The molecule has 0 aliphatic carbocycles. The molecule has 1 amide bonds. The van der Waals surface area contributed by atoms with Gasteiger partial charge >= 0.3 is 5.97 Å². The summed E-state index contributed by atoms with van der Waals surface area (Å²) in [5, 5.41) is 3.06. The van der Waals surface area contributed by atoms with Crippen LogP contribution in [-0.4, -0.2) is 50.1 Å². The Morgan fingerprint density at radius 2 is 2.07 bits per heavy atom. The quantitative estimate of drug-likeness (QED) is 0.635. The highest BCUT2D eigenvalue weighted by molar-refractivity contribution is 5.83. The van der Waals surface area contributed by atoms with Crippen molar-refractivity contribution in [2.75, 3.05) is 27.2 Å². The molecule has 0 saturated heterocycles. The Hall–Kier alpha value is -1.10. The van der Waals surface area contributed by atoms with Gasteiger partial charge in [0.2, 0.25) is 5.91 Å². The first-order chi connectivity index (χ1) is 7.01. The van der Waals surface area contributed by atoms with Crippen molar-refractivity contribution >= 4 is 11.9 Å². The second kappa shape index (κ2) is 7.23. The number of rotatable bonds is 6. The van der Waals surface area contributed by atoms with Crippen molar-refractivity contribution in [1.82, 2.24) is 10.2 Å². The molecule has 0 radical (unpaired) electrons. The van der Waals surface area contributed by atoms with Gasteiger partial charge in [-0.1, -0.05) is 6.92 Å². The molecule has 0 aromatic rings. The normalized spacial score (nSPS) is 12.0.